The largest absolute Gasteiger partial charge is 0.489 e. The Morgan fingerprint density at radius 1 is 1.27 bits per heavy atom. The Bertz CT molecular complexity index is 1090. The Morgan fingerprint density at radius 2 is 2.03 bits per heavy atom. The molecule has 2 aliphatic heterocycles. The minimum atomic E-state index is -0.641. The number of carbonyl (C=O) groups excluding carboxylic acids is 1. The molecule has 2 aliphatic rings. The number of aliphatic hydroxyl groups excluding tert-OH is 1. The van der Waals surface area contributed by atoms with Crippen LogP contribution in [0.3, 0.4) is 0 Å². The fourth-order valence-corrected chi connectivity index (χ4v) is 4.36. The number of aromatic nitrogens is 2. The summed E-state index contributed by atoms with van der Waals surface area (Å²) in [5.74, 6) is 0.504. The molecule has 0 radical (unpaired) electrons. The highest BCUT2D eigenvalue weighted by Gasteiger charge is 2.30. The Labute approximate surface area is 197 Å². The summed E-state index contributed by atoms with van der Waals surface area (Å²) in [4.78, 5) is 27.0. The van der Waals surface area contributed by atoms with Crippen molar-refractivity contribution in [2.45, 2.75) is 39.5 Å². The molecule has 1 aromatic heterocycles. The maximum atomic E-state index is 13.0. The molecule has 1 fully saturated rings. The number of carbonyl (C=O) groups is 1. The number of halogens is 1. The fourth-order valence-electron chi connectivity index (χ4n) is 4.17. The van der Waals surface area contributed by atoms with Crippen molar-refractivity contribution in [1.29, 1.82) is 0 Å². The number of nitrogens with zero attached hydrogens (tertiary/aromatic N) is 3. The Kier molecular flexibility index (Phi) is 7.21. The van der Waals surface area contributed by atoms with E-state index in [0.29, 0.717) is 68.0 Å². The van der Waals surface area contributed by atoms with Crippen molar-refractivity contribution in [3.63, 3.8) is 0 Å². The average Bonchev–Trinajstić information content (AvgIpc) is 3.04. The summed E-state index contributed by atoms with van der Waals surface area (Å²) >= 11 is 6.33. The van der Waals surface area contributed by atoms with E-state index in [2.05, 4.69) is 10.4 Å². The Morgan fingerprint density at radius 3 is 2.79 bits per heavy atom. The van der Waals surface area contributed by atoms with Gasteiger partial charge in [-0.3, -0.25) is 14.5 Å². The van der Waals surface area contributed by atoms with Gasteiger partial charge in [0.05, 0.1) is 37.2 Å². The van der Waals surface area contributed by atoms with Gasteiger partial charge in [-0.15, -0.1) is 0 Å². The number of aryl methyl sites for hydroxylation is 1. The fraction of sp³-hybridized carbons (Fsp3) is 0.522. The highest BCUT2D eigenvalue weighted by atomic mass is 35.5. The predicted molar refractivity (Wildman–Crippen MR) is 123 cm³/mol. The first-order valence-electron chi connectivity index (χ1n) is 11.2. The molecule has 2 unspecified atom stereocenters. The van der Waals surface area contributed by atoms with Gasteiger partial charge in [0.1, 0.15) is 0 Å². The summed E-state index contributed by atoms with van der Waals surface area (Å²) in [5, 5.41) is 18.3. The zero-order valence-electron chi connectivity index (χ0n) is 18.8. The van der Waals surface area contributed by atoms with Gasteiger partial charge in [0.15, 0.2) is 11.5 Å². The van der Waals surface area contributed by atoms with E-state index in [9.17, 15) is 14.7 Å². The third-order valence-corrected chi connectivity index (χ3v) is 6.50. The van der Waals surface area contributed by atoms with Crippen LogP contribution in [0.5, 0.6) is 11.5 Å². The van der Waals surface area contributed by atoms with Gasteiger partial charge in [0, 0.05) is 48.6 Å². The summed E-state index contributed by atoms with van der Waals surface area (Å²) in [5.41, 5.74) is 1.66. The number of fused-ring (bicyclic) bond motifs is 1. The highest BCUT2D eigenvalue weighted by Crippen LogP contribution is 2.40. The molecule has 0 saturated carbocycles. The molecule has 10 heteroatoms. The molecular formula is C23H29ClN4O5. The molecule has 1 amide bonds. The average molecular weight is 477 g/mol. The van der Waals surface area contributed by atoms with Crippen LogP contribution in [0.25, 0.3) is 0 Å². The maximum absolute atomic E-state index is 13.0. The molecule has 4 rings (SSSR count). The number of hydrogen-bond donors (Lipinski definition) is 2. The van der Waals surface area contributed by atoms with Crippen LogP contribution in [0.1, 0.15) is 34.5 Å². The maximum Gasteiger partial charge on any atom is 0.267 e. The molecule has 3 heterocycles. The lowest BCUT2D eigenvalue weighted by Crippen LogP contribution is -2.49. The van der Waals surface area contributed by atoms with Crippen molar-refractivity contribution in [2.24, 2.45) is 5.92 Å². The van der Waals surface area contributed by atoms with Crippen LogP contribution in [-0.2, 0) is 6.67 Å². The van der Waals surface area contributed by atoms with E-state index in [1.165, 1.54) is 10.7 Å². The standard InChI is InChI=1S/C23H29ClN4O5/c1-14-4-5-20(30)28(26-14)13-27-7-6-16(19(29)12-27)11-25-23(31)17-10-18(24)15(2)21-22(17)33-9-3-8-32-21/h4-5,10,16,19,29H,3,6-9,11-13H2,1-2H3,(H,25,31). The summed E-state index contributed by atoms with van der Waals surface area (Å²) in [6.07, 6.45) is 0.758. The van der Waals surface area contributed by atoms with Gasteiger partial charge in [-0.25, -0.2) is 4.68 Å². The number of aliphatic hydroxyl groups is 1. The first-order chi connectivity index (χ1) is 15.8. The number of amides is 1. The smallest absolute Gasteiger partial charge is 0.267 e. The van der Waals surface area contributed by atoms with Gasteiger partial charge in [0.25, 0.3) is 11.5 Å². The van der Waals surface area contributed by atoms with Crippen molar-refractivity contribution >= 4 is 17.5 Å². The SMILES string of the molecule is Cc1ccc(=O)n(CN2CCC(CNC(=O)c3cc(Cl)c(C)c4c3OCCCO4)C(O)C2)n1. The number of β-amino-alcohol motifs (C(OH)–C–C–N with tert-alkyl or cyclic N) is 1. The van der Waals surface area contributed by atoms with Gasteiger partial charge < -0.3 is 19.9 Å². The summed E-state index contributed by atoms with van der Waals surface area (Å²) < 4.78 is 13.0. The second-order valence-electron chi connectivity index (χ2n) is 8.60. The Balaban J connectivity index is 1.37. The lowest BCUT2D eigenvalue weighted by molar-refractivity contribution is 0.00735. The molecule has 0 bridgehead atoms. The number of hydrogen-bond acceptors (Lipinski definition) is 7. The van der Waals surface area contributed by atoms with Crippen LogP contribution >= 0.6 is 11.6 Å². The monoisotopic (exact) mass is 476 g/mol. The normalized spacial score (nSPS) is 20.8. The number of nitrogens with one attached hydrogen (secondary N) is 1. The van der Waals surface area contributed by atoms with E-state index < -0.39 is 6.10 Å². The van der Waals surface area contributed by atoms with Crippen LogP contribution in [-0.4, -0.2) is 64.6 Å². The molecule has 0 spiro atoms. The highest BCUT2D eigenvalue weighted by molar-refractivity contribution is 6.32. The van der Waals surface area contributed by atoms with Crippen LogP contribution in [0.2, 0.25) is 5.02 Å². The van der Waals surface area contributed by atoms with Crippen LogP contribution in [0.15, 0.2) is 23.0 Å². The van der Waals surface area contributed by atoms with E-state index in [4.69, 9.17) is 21.1 Å². The molecule has 2 atom stereocenters. The molecular weight excluding hydrogens is 448 g/mol. The van der Waals surface area contributed by atoms with Crippen molar-refractivity contribution in [2.75, 3.05) is 32.8 Å². The molecule has 178 valence electrons. The lowest BCUT2D eigenvalue weighted by Gasteiger charge is -2.35. The first kappa shape index (κ1) is 23.5. The van der Waals surface area contributed by atoms with Gasteiger partial charge >= 0.3 is 0 Å². The molecule has 0 aliphatic carbocycles. The predicted octanol–water partition coefficient (Wildman–Crippen LogP) is 1.75. The van der Waals surface area contributed by atoms with E-state index in [0.717, 1.165) is 17.7 Å². The van der Waals surface area contributed by atoms with Crippen LogP contribution < -0.4 is 20.3 Å². The van der Waals surface area contributed by atoms with E-state index in [-0.39, 0.29) is 17.4 Å². The number of piperidine rings is 1. The number of likely N-dealkylation sites (tertiary alicyclic amines) is 1. The van der Waals surface area contributed by atoms with Gasteiger partial charge in [-0.05, 0) is 32.4 Å². The number of ether oxygens (including phenoxy) is 2. The van der Waals surface area contributed by atoms with Gasteiger partial charge in [-0.1, -0.05) is 11.6 Å². The third kappa shape index (κ3) is 5.31. The number of benzene rings is 1. The summed E-state index contributed by atoms with van der Waals surface area (Å²) in [6, 6.07) is 4.78. The zero-order valence-corrected chi connectivity index (χ0v) is 19.6. The van der Waals surface area contributed by atoms with Crippen molar-refractivity contribution < 1.29 is 19.4 Å². The van der Waals surface area contributed by atoms with E-state index in [1.807, 2.05) is 18.7 Å². The van der Waals surface area contributed by atoms with Crippen LogP contribution in [0.4, 0.5) is 0 Å². The minimum Gasteiger partial charge on any atom is -0.489 e. The van der Waals surface area contributed by atoms with Crippen LogP contribution in [0, 0.1) is 19.8 Å². The second kappa shape index (κ2) is 10.1. The lowest BCUT2D eigenvalue weighted by atomic mass is 9.94. The topological polar surface area (TPSA) is 106 Å². The van der Waals surface area contributed by atoms with E-state index >= 15 is 0 Å². The summed E-state index contributed by atoms with van der Waals surface area (Å²) in [6.45, 7) is 6.35. The van der Waals surface area contributed by atoms with Gasteiger partial charge in [-0.2, -0.15) is 5.10 Å². The third-order valence-electron chi connectivity index (χ3n) is 6.11. The minimum absolute atomic E-state index is 0.107. The van der Waals surface area contributed by atoms with Crippen molar-refractivity contribution in [3.8, 4) is 11.5 Å². The second-order valence-corrected chi connectivity index (χ2v) is 9.00. The quantitative estimate of drug-likeness (QED) is 0.677. The first-order valence-corrected chi connectivity index (χ1v) is 11.5. The zero-order chi connectivity index (χ0) is 23.5. The number of rotatable bonds is 5. The van der Waals surface area contributed by atoms with Gasteiger partial charge in [0.2, 0.25) is 0 Å². The molecule has 9 nitrogen and oxygen atoms in total. The molecule has 2 aromatic rings. The summed E-state index contributed by atoms with van der Waals surface area (Å²) in [7, 11) is 0. The molecule has 1 saturated heterocycles. The van der Waals surface area contributed by atoms with E-state index in [1.54, 1.807) is 12.1 Å². The Hall–Kier alpha value is -2.62. The van der Waals surface area contributed by atoms with Crippen molar-refractivity contribution in [3.05, 3.63) is 50.4 Å². The van der Waals surface area contributed by atoms with Crippen molar-refractivity contribution in [1.82, 2.24) is 20.0 Å². The molecule has 1 aromatic carbocycles. The molecule has 33 heavy (non-hydrogen) atoms. The molecule has 2 N–H and O–H groups in total.